The predicted molar refractivity (Wildman–Crippen MR) is 240 cm³/mol. The molecule has 2 amide bonds. The predicted octanol–water partition coefficient (Wildman–Crippen LogP) is 5.64. The van der Waals surface area contributed by atoms with Gasteiger partial charge in [-0.1, -0.05) is 23.7 Å². The molecule has 4 fully saturated rings. The Kier molecular flexibility index (Phi) is 9.94. The molecule has 1 saturated carbocycles. The van der Waals surface area contributed by atoms with Crippen LogP contribution in [0.2, 0.25) is 5.02 Å². The second kappa shape index (κ2) is 15.6. The molecule has 16 nitrogen and oxygen atoms in total. The summed E-state index contributed by atoms with van der Waals surface area (Å²) >= 11 is 6.64. The van der Waals surface area contributed by atoms with E-state index < -0.39 is 30.0 Å². The number of nitrogens with zero attached hydrogens (tertiary/aromatic N) is 9. The molecule has 8 heterocycles. The molecule has 4 aromatic heterocycles. The van der Waals surface area contributed by atoms with Crippen LogP contribution in [0.25, 0.3) is 27.5 Å². The van der Waals surface area contributed by atoms with Crippen LogP contribution in [-0.2, 0) is 23.7 Å². The van der Waals surface area contributed by atoms with E-state index in [1.165, 1.54) is 4.57 Å². The molecule has 3 N–H and O–H groups in total. The molecule has 11 rings (SSSR count). The van der Waals surface area contributed by atoms with E-state index in [4.69, 9.17) is 26.4 Å². The molecule has 2 aromatic carbocycles. The number of amides is 2. The fourth-order valence-corrected chi connectivity index (χ4v) is 10.5. The van der Waals surface area contributed by atoms with Gasteiger partial charge in [-0.25, -0.2) is 13.8 Å². The third kappa shape index (κ3) is 7.14. The Hall–Kier alpha value is -6.01. The second-order valence-electron chi connectivity index (χ2n) is 18.1. The fourth-order valence-electron chi connectivity index (χ4n) is 10.3. The Morgan fingerprint density at radius 2 is 1.73 bits per heavy atom. The largest absolute Gasteiger partial charge is 0.480 e. The minimum absolute atomic E-state index is 0.103. The van der Waals surface area contributed by atoms with Gasteiger partial charge >= 0.3 is 5.92 Å². The Morgan fingerprint density at radius 1 is 0.938 bits per heavy atom. The molecular formula is C45H49ClF2N12O4. The van der Waals surface area contributed by atoms with Crippen LogP contribution in [-0.4, -0.2) is 110 Å². The van der Waals surface area contributed by atoms with Crippen molar-refractivity contribution in [2.45, 2.75) is 56.4 Å². The first-order valence-electron chi connectivity index (χ1n) is 22.2. The molecule has 1 aliphatic carbocycles. The highest BCUT2D eigenvalue weighted by molar-refractivity contribution is 6.33. The molecule has 5 aliphatic rings. The van der Waals surface area contributed by atoms with Crippen molar-refractivity contribution >= 4 is 79.6 Å². The molecule has 3 saturated heterocycles. The number of para-hydroxylation sites is 1. The number of rotatable bonds is 8. The topological polar surface area (TPSA) is 159 Å². The number of carbonyl (C=O) groups is 2. The van der Waals surface area contributed by atoms with Crippen molar-refractivity contribution in [2.75, 3.05) is 72.9 Å². The summed E-state index contributed by atoms with van der Waals surface area (Å²) < 4.78 is 41.1. The maximum atomic E-state index is 15.3. The number of carbonyl (C=O) groups excluding carboxylic acids is 2. The van der Waals surface area contributed by atoms with Crippen LogP contribution in [0.3, 0.4) is 0 Å². The van der Waals surface area contributed by atoms with E-state index >= 15 is 8.78 Å². The van der Waals surface area contributed by atoms with E-state index in [-0.39, 0.29) is 29.2 Å². The van der Waals surface area contributed by atoms with Crippen LogP contribution in [0.5, 0.6) is 5.75 Å². The van der Waals surface area contributed by atoms with Crippen molar-refractivity contribution in [1.29, 1.82) is 0 Å². The lowest BCUT2D eigenvalue weighted by molar-refractivity contribution is -0.134. The van der Waals surface area contributed by atoms with Gasteiger partial charge in [0.1, 0.15) is 16.7 Å². The van der Waals surface area contributed by atoms with E-state index in [0.29, 0.717) is 64.7 Å². The molecule has 64 heavy (non-hydrogen) atoms. The van der Waals surface area contributed by atoms with Gasteiger partial charge in [-0.15, -0.1) is 0 Å². The lowest BCUT2D eigenvalue weighted by Crippen LogP contribution is -2.49. The number of piperidine rings is 2. The van der Waals surface area contributed by atoms with E-state index in [9.17, 15) is 14.4 Å². The number of imide groups is 1. The molecule has 0 bridgehead atoms. The average Bonchev–Trinajstić information content (AvgIpc) is 4.00. The molecule has 2 unspecified atom stereocenters. The molecule has 6 aromatic rings. The molecule has 334 valence electrons. The maximum Gasteiger partial charge on any atom is 0.301 e. The Balaban J connectivity index is 0.769. The third-order valence-electron chi connectivity index (χ3n) is 13.9. The zero-order valence-electron chi connectivity index (χ0n) is 35.6. The van der Waals surface area contributed by atoms with Crippen LogP contribution in [0.15, 0.2) is 53.5 Å². The van der Waals surface area contributed by atoms with Gasteiger partial charge in [0, 0.05) is 88.9 Å². The van der Waals surface area contributed by atoms with Gasteiger partial charge in [-0.05, 0) is 68.2 Å². The van der Waals surface area contributed by atoms with Gasteiger partial charge in [0.25, 0.3) is 5.56 Å². The molecule has 0 radical (unpaired) electrons. The van der Waals surface area contributed by atoms with Gasteiger partial charge in [0.2, 0.25) is 17.6 Å². The minimum atomic E-state index is -3.14. The Morgan fingerprint density at radius 3 is 2.50 bits per heavy atom. The van der Waals surface area contributed by atoms with Crippen LogP contribution >= 0.6 is 11.6 Å². The molecule has 0 spiro atoms. The van der Waals surface area contributed by atoms with Crippen LogP contribution in [0.1, 0.15) is 50.1 Å². The van der Waals surface area contributed by atoms with E-state index in [2.05, 4.69) is 41.8 Å². The number of hydrogen-bond acceptors (Lipinski definition) is 12. The van der Waals surface area contributed by atoms with Gasteiger partial charge in [0.05, 0.1) is 46.3 Å². The number of piperazine rings is 1. The quantitative estimate of drug-likeness (QED) is 0.162. The zero-order valence-corrected chi connectivity index (χ0v) is 36.4. The number of aryl methyl sites for hydroxylation is 2. The highest BCUT2D eigenvalue weighted by Crippen LogP contribution is 2.46. The summed E-state index contributed by atoms with van der Waals surface area (Å²) in [4.78, 5) is 50.1. The van der Waals surface area contributed by atoms with Crippen LogP contribution in [0.4, 0.5) is 37.5 Å². The SMILES string of the molecule is Cn1nc(C2CCC(=O)NC2=O)c2cccc(N3CCC(CN4CCN(c5cc(Nc6ccc7c(c6)c6c(c(=O)n7C)OCC(F)(F)C(C7CC7)N6)n6ncc(Cl)c6n5)CC4)CC3)c21. The molecule has 4 aliphatic heterocycles. The normalized spacial score (nSPS) is 22.1. The smallest absolute Gasteiger partial charge is 0.301 e. The number of benzene rings is 2. The number of halogens is 3. The van der Waals surface area contributed by atoms with Gasteiger partial charge in [-0.3, -0.25) is 29.3 Å². The van der Waals surface area contributed by atoms with Crippen molar-refractivity contribution in [3.63, 3.8) is 0 Å². The standard InChI is InChI=1S/C45H49ClF2N12O4/c1-55-32-10-8-27(20-30(32)38-40(44(55)63)64-24-45(47,48)41(53-38)26-6-7-26)50-35-21-34(51-42-31(46)22-49-60(35)42)59-18-16-57(17-19-59)23-25-12-14-58(15-13-25)33-5-3-4-28-37(54-56(2)39(28)33)29-9-11-36(61)52-43(29)62/h3-5,8,10,20-22,25-26,29,41,50,53H,6-7,9,11-19,23-24H2,1-2H3,(H,52,61,62). The molecule has 19 heteroatoms. The number of anilines is 5. The first kappa shape index (κ1) is 40.7. The first-order valence-corrected chi connectivity index (χ1v) is 22.5. The average molecular weight is 895 g/mol. The van der Waals surface area contributed by atoms with Crippen molar-refractivity contribution in [3.8, 4) is 5.75 Å². The van der Waals surface area contributed by atoms with Gasteiger partial charge < -0.3 is 29.7 Å². The van der Waals surface area contributed by atoms with Crippen molar-refractivity contribution < 1.29 is 23.1 Å². The van der Waals surface area contributed by atoms with Crippen molar-refractivity contribution in [1.82, 2.24) is 39.2 Å². The van der Waals surface area contributed by atoms with Crippen LogP contribution < -0.4 is 36.0 Å². The number of alkyl halides is 2. The first-order chi connectivity index (χ1) is 30.9. The fraction of sp³-hybridized carbons (Fsp3) is 0.467. The lowest BCUT2D eigenvalue weighted by Gasteiger charge is -2.40. The number of nitrogens with one attached hydrogen (secondary N) is 3. The summed E-state index contributed by atoms with van der Waals surface area (Å²) in [5.74, 6) is -2.43. The zero-order chi connectivity index (χ0) is 44.0. The number of hydrogen-bond donors (Lipinski definition) is 3. The summed E-state index contributed by atoms with van der Waals surface area (Å²) in [6.45, 7) is 5.32. The lowest BCUT2D eigenvalue weighted by atomic mass is 9.92. The summed E-state index contributed by atoms with van der Waals surface area (Å²) in [5.41, 5.74) is 4.43. The second-order valence-corrected chi connectivity index (χ2v) is 18.5. The number of ether oxygens (including phenoxy) is 1. The van der Waals surface area contributed by atoms with Gasteiger partial charge in [-0.2, -0.15) is 14.7 Å². The summed E-state index contributed by atoms with van der Waals surface area (Å²) in [6.07, 6.45) is 5.87. The molecular weight excluding hydrogens is 846 g/mol. The highest BCUT2D eigenvalue weighted by atomic mass is 35.5. The number of fused-ring (bicyclic) bond motifs is 5. The summed E-state index contributed by atoms with van der Waals surface area (Å²) in [6, 6.07) is 12.5. The summed E-state index contributed by atoms with van der Waals surface area (Å²) in [7, 11) is 3.54. The molecule has 2 atom stereocenters. The van der Waals surface area contributed by atoms with Gasteiger partial charge in [0.15, 0.2) is 12.3 Å². The minimum Gasteiger partial charge on any atom is -0.480 e. The Labute approximate surface area is 371 Å². The van der Waals surface area contributed by atoms with Crippen molar-refractivity contribution in [3.05, 3.63) is 69.7 Å². The van der Waals surface area contributed by atoms with E-state index in [1.54, 1.807) is 23.8 Å². The summed E-state index contributed by atoms with van der Waals surface area (Å²) in [5, 5.41) is 20.3. The van der Waals surface area contributed by atoms with E-state index in [1.807, 2.05) is 42.1 Å². The number of pyridine rings is 1. The number of aromatic nitrogens is 6. The maximum absolute atomic E-state index is 15.3. The third-order valence-corrected chi connectivity index (χ3v) is 14.2. The van der Waals surface area contributed by atoms with Crippen LogP contribution in [0, 0.1) is 11.8 Å². The van der Waals surface area contributed by atoms with E-state index in [0.717, 1.165) is 86.8 Å². The monoisotopic (exact) mass is 894 g/mol. The Bertz CT molecular complexity index is 2910. The van der Waals surface area contributed by atoms with Crippen molar-refractivity contribution in [2.24, 2.45) is 25.9 Å². The highest BCUT2D eigenvalue weighted by Gasteiger charge is 2.51.